The largest absolute Gasteiger partial charge is 0.483 e. The Kier molecular flexibility index (Phi) is 4.15. The second-order valence-electron chi connectivity index (χ2n) is 8.36. The minimum absolute atomic E-state index is 0.356. The van der Waals surface area contributed by atoms with Crippen LogP contribution in [0.15, 0.2) is 22.7 Å². The third-order valence-corrected chi connectivity index (χ3v) is 5.92. The first-order valence-electron chi connectivity index (χ1n) is 9.17. The van der Waals surface area contributed by atoms with Gasteiger partial charge in [-0.3, -0.25) is 10.1 Å². The number of halogens is 1. The van der Waals surface area contributed by atoms with Crippen LogP contribution in [0, 0.1) is 0 Å². The number of hydrogen-bond donors (Lipinski definition) is 2. The number of benzene rings is 1. The third-order valence-electron chi connectivity index (χ3n) is 5.43. The van der Waals surface area contributed by atoms with Crippen LogP contribution in [0.3, 0.4) is 0 Å². The zero-order chi connectivity index (χ0) is 20.3. The molecule has 2 N–H and O–H groups in total. The first kappa shape index (κ1) is 19.0. The maximum atomic E-state index is 13.0. The van der Waals surface area contributed by atoms with Crippen molar-refractivity contribution in [2.45, 2.75) is 50.4 Å². The summed E-state index contributed by atoms with van der Waals surface area (Å²) >= 11 is 3.43. The number of imide groups is 1. The van der Waals surface area contributed by atoms with E-state index in [1.54, 1.807) is 17.0 Å². The molecule has 150 valence electrons. The van der Waals surface area contributed by atoms with Crippen LogP contribution in [-0.2, 0) is 15.1 Å². The number of amides is 4. The molecule has 3 heterocycles. The molecule has 0 radical (unpaired) electrons. The van der Waals surface area contributed by atoms with Crippen molar-refractivity contribution in [2.75, 3.05) is 13.1 Å². The van der Waals surface area contributed by atoms with Crippen molar-refractivity contribution in [3.05, 3.63) is 28.2 Å². The zero-order valence-electron chi connectivity index (χ0n) is 15.9. The van der Waals surface area contributed by atoms with Crippen LogP contribution in [0.25, 0.3) is 0 Å². The van der Waals surface area contributed by atoms with Crippen LogP contribution in [0.1, 0.15) is 39.2 Å². The molecule has 0 bridgehead atoms. The highest BCUT2D eigenvalue weighted by Gasteiger charge is 2.69. The van der Waals surface area contributed by atoms with Gasteiger partial charge in [0.15, 0.2) is 5.54 Å². The molecule has 1 aromatic carbocycles. The molecule has 1 aromatic rings. The molecule has 0 aromatic heterocycles. The monoisotopic (exact) mass is 451 g/mol. The van der Waals surface area contributed by atoms with E-state index in [1.165, 1.54) is 0 Å². The van der Waals surface area contributed by atoms with E-state index in [-0.39, 0.29) is 0 Å². The van der Waals surface area contributed by atoms with Crippen molar-refractivity contribution in [3.8, 4) is 5.75 Å². The van der Waals surface area contributed by atoms with Crippen LogP contribution in [0.4, 0.5) is 9.59 Å². The van der Waals surface area contributed by atoms with E-state index in [9.17, 15) is 14.4 Å². The molecule has 2 fully saturated rings. The van der Waals surface area contributed by atoms with Crippen LogP contribution in [-0.4, -0.2) is 47.2 Å². The minimum Gasteiger partial charge on any atom is -0.483 e. The Bertz CT molecular complexity index is 873. The lowest BCUT2D eigenvalue weighted by Gasteiger charge is -2.45. The first-order chi connectivity index (χ1) is 13.1. The normalized spacial score (nSPS) is 25.4. The summed E-state index contributed by atoms with van der Waals surface area (Å²) in [4.78, 5) is 39.1. The number of carbonyl (C=O) groups excluding carboxylic acids is 3. The molecule has 8 nitrogen and oxygen atoms in total. The highest BCUT2D eigenvalue weighted by Crippen LogP contribution is 2.54. The average Bonchev–Trinajstić information content (AvgIpc) is 3.03. The molecular formula is C19H22BrN3O5. The van der Waals surface area contributed by atoms with Gasteiger partial charge in [0.2, 0.25) is 0 Å². The molecule has 0 saturated carbocycles. The Hall–Kier alpha value is -2.29. The molecule has 2 saturated heterocycles. The van der Waals surface area contributed by atoms with Crippen molar-refractivity contribution in [2.24, 2.45) is 0 Å². The highest BCUT2D eigenvalue weighted by atomic mass is 79.9. The number of likely N-dealkylation sites (tertiary alicyclic amines) is 1. The number of piperidine rings is 1. The summed E-state index contributed by atoms with van der Waals surface area (Å²) in [5, 5.41) is 5.18. The fourth-order valence-electron chi connectivity index (χ4n) is 4.24. The molecule has 0 aliphatic carbocycles. The quantitative estimate of drug-likeness (QED) is 0.590. The lowest BCUT2D eigenvalue weighted by molar-refractivity contribution is -0.134. The fraction of sp³-hybridized carbons (Fsp3) is 0.526. The Labute approximate surface area is 171 Å². The predicted molar refractivity (Wildman–Crippen MR) is 103 cm³/mol. The Morgan fingerprint density at radius 1 is 1.25 bits per heavy atom. The van der Waals surface area contributed by atoms with E-state index in [0.717, 1.165) is 4.47 Å². The summed E-state index contributed by atoms with van der Waals surface area (Å²) in [5.74, 6) is 0.131. The van der Waals surface area contributed by atoms with Gasteiger partial charge in [0.1, 0.15) is 17.0 Å². The minimum atomic E-state index is -1.32. The number of nitrogens with zero attached hydrogens (tertiary/aromatic N) is 1. The van der Waals surface area contributed by atoms with Gasteiger partial charge in [-0.15, -0.1) is 0 Å². The number of hydrogen-bond acceptors (Lipinski definition) is 5. The summed E-state index contributed by atoms with van der Waals surface area (Å²) in [6, 6.07) is 4.87. The number of fused-ring (bicyclic) bond motifs is 3. The maximum absolute atomic E-state index is 13.0. The lowest BCUT2D eigenvalue weighted by atomic mass is 9.71. The Balaban J connectivity index is 1.66. The van der Waals surface area contributed by atoms with E-state index < -0.39 is 34.8 Å². The second kappa shape index (κ2) is 6.10. The average molecular weight is 452 g/mol. The first-order valence-corrected chi connectivity index (χ1v) is 9.96. The van der Waals surface area contributed by atoms with Crippen LogP contribution < -0.4 is 15.4 Å². The summed E-state index contributed by atoms with van der Waals surface area (Å²) in [7, 11) is 0. The molecule has 28 heavy (non-hydrogen) atoms. The number of urea groups is 1. The van der Waals surface area contributed by atoms with Gasteiger partial charge in [0.05, 0.1) is 0 Å². The van der Waals surface area contributed by atoms with Crippen molar-refractivity contribution in [3.63, 3.8) is 0 Å². The molecule has 2 spiro atoms. The maximum Gasteiger partial charge on any atom is 0.410 e. The summed E-state index contributed by atoms with van der Waals surface area (Å²) in [6.45, 7) is 6.17. The van der Waals surface area contributed by atoms with E-state index in [0.29, 0.717) is 37.2 Å². The number of nitrogens with one attached hydrogen (secondary N) is 2. The van der Waals surface area contributed by atoms with Gasteiger partial charge in [-0.1, -0.05) is 15.9 Å². The van der Waals surface area contributed by atoms with Crippen molar-refractivity contribution < 1.29 is 23.9 Å². The molecular weight excluding hydrogens is 430 g/mol. The van der Waals surface area contributed by atoms with Gasteiger partial charge in [-0.2, -0.15) is 0 Å². The summed E-state index contributed by atoms with van der Waals surface area (Å²) < 4.78 is 12.5. The SMILES string of the molecule is CC(C)(C)OC(=O)N1CCC2(CC1)Oc1ccc(Br)cc1C21NC(=O)NC1=O. The molecule has 1 atom stereocenters. The highest BCUT2D eigenvalue weighted by molar-refractivity contribution is 9.10. The zero-order valence-corrected chi connectivity index (χ0v) is 17.5. The Morgan fingerprint density at radius 3 is 2.50 bits per heavy atom. The van der Waals surface area contributed by atoms with E-state index in [1.807, 2.05) is 26.8 Å². The van der Waals surface area contributed by atoms with Crippen molar-refractivity contribution >= 4 is 34.0 Å². The molecule has 1 unspecified atom stereocenters. The molecule has 4 amide bonds. The topological polar surface area (TPSA) is 97.0 Å². The van der Waals surface area contributed by atoms with Gasteiger partial charge >= 0.3 is 12.1 Å². The lowest BCUT2D eigenvalue weighted by Crippen LogP contribution is -2.65. The number of rotatable bonds is 0. The van der Waals surface area contributed by atoms with Crippen molar-refractivity contribution in [1.29, 1.82) is 0 Å². The van der Waals surface area contributed by atoms with Gasteiger partial charge in [0, 0.05) is 36.0 Å². The predicted octanol–water partition coefficient (Wildman–Crippen LogP) is 2.65. The molecule has 3 aliphatic heterocycles. The van der Waals surface area contributed by atoms with Gasteiger partial charge in [-0.25, -0.2) is 9.59 Å². The van der Waals surface area contributed by atoms with E-state index in [2.05, 4.69) is 26.6 Å². The molecule has 3 aliphatic rings. The summed E-state index contributed by atoms with van der Waals surface area (Å²) in [5.41, 5.74) is -2.25. The standard InChI is InChI=1S/C19H22BrN3O5/c1-17(2,3)28-16(26)23-8-6-18(7-9-23)19(14(24)21-15(25)22-19)12-10-11(20)4-5-13(12)27-18/h4-5,10H,6-9H2,1-3H3,(H2,21,22,24,25). The van der Waals surface area contributed by atoms with Crippen LogP contribution >= 0.6 is 15.9 Å². The van der Waals surface area contributed by atoms with Gasteiger partial charge in [0.25, 0.3) is 5.91 Å². The second-order valence-corrected chi connectivity index (χ2v) is 9.28. The third kappa shape index (κ3) is 2.75. The van der Waals surface area contributed by atoms with E-state index in [4.69, 9.17) is 9.47 Å². The van der Waals surface area contributed by atoms with Gasteiger partial charge in [-0.05, 0) is 39.0 Å². The van der Waals surface area contributed by atoms with Crippen LogP contribution in [0.5, 0.6) is 5.75 Å². The Morgan fingerprint density at radius 2 is 1.93 bits per heavy atom. The fourth-order valence-corrected chi connectivity index (χ4v) is 4.60. The molecule has 9 heteroatoms. The summed E-state index contributed by atoms with van der Waals surface area (Å²) in [6.07, 6.45) is 0.368. The van der Waals surface area contributed by atoms with Gasteiger partial charge < -0.3 is 19.7 Å². The smallest absolute Gasteiger partial charge is 0.410 e. The van der Waals surface area contributed by atoms with Crippen LogP contribution in [0.2, 0.25) is 0 Å². The number of carbonyl (C=O) groups is 3. The van der Waals surface area contributed by atoms with E-state index >= 15 is 0 Å². The van der Waals surface area contributed by atoms with Crippen molar-refractivity contribution in [1.82, 2.24) is 15.5 Å². The number of ether oxygens (including phenoxy) is 2. The molecule has 4 rings (SSSR count).